The number of hydrogen-bond acceptors (Lipinski definition) is 2. The van der Waals surface area contributed by atoms with Crippen LogP contribution >= 0.6 is 0 Å². The van der Waals surface area contributed by atoms with Gasteiger partial charge in [0.15, 0.2) is 0 Å². The maximum atomic E-state index is 11.8. The molecule has 1 aromatic rings. The number of nitrogens with one attached hydrogen (secondary N) is 1. The molecule has 0 fully saturated rings. The van der Waals surface area contributed by atoms with E-state index in [2.05, 4.69) is 5.32 Å². The summed E-state index contributed by atoms with van der Waals surface area (Å²) in [6.45, 7) is 2.09. The molecular formula is C11H18N2O2. The van der Waals surface area contributed by atoms with Crippen molar-refractivity contribution < 1.29 is 9.90 Å². The zero-order valence-corrected chi connectivity index (χ0v) is 9.23. The molecule has 0 aromatic carbocycles. The number of nitrogens with zero attached hydrogens (tertiary/aromatic N) is 1. The van der Waals surface area contributed by atoms with Crippen LogP contribution in [0.15, 0.2) is 18.3 Å². The van der Waals surface area contributed by atoms with E-state index in [0.29, 0.717) is 12.1 Å². The average molecular weight is 210 g/mol. The molecule has 1 unspecified atom stereocenters. The number of aryl methyl sites for hydroxylation is 1. The van der Waals surface area contributed by atoms with Crippen LogP contribution in [0.25, 0.3) is 0 Å². The van der Waals surface area contributed by atoms with Crippen molar-refractivity contribution in [1.29, 1.82) is 0 Å². The van der Waals surface area contributed by atoms with E-state index < -0.39 is 0 Å². The van der Waals surface area contributed by atoms with Gasteiger partial charge in [0, 0.05) is 25.9 Å². The van der Waals surface area contributed by atoms with Crippen LogP contribution in [0.5, 0.6) is 0 Å². The van der Waals surface area contributed by atoms with Gasteiger partial charge in [-0.2, -0.15) is 0 Å². The highest BCUT2D eigenvalue weighted by Gasteiger charge is 2.13. The summed E-state index contributed by atoms with van der Waals surface area (Å²) in [4.78, 5) is 11.8. The molecule has 4 heteroatoms. The first kappa shape index (κ1) is 11.8. The molecule has 0 saturated heterocycles. The number of carbonyl (C=O) groups is 1. The molecular weight excluding hydrogens is 192 g/mol. The maximum Gasteiger partial charge on any atom is 0.268 e. The summed E-state index contributed by atoms with van der Waals surface area (Å²) >= 11 is 0. The van der Waals surface area contributed by atoms with E-state index in [1.54, 1.807) is 10.6 Å². The van der Waals surface area contributed by atoms with Crippen LogP contribution in [0.1, 0.15) is 30.3 Å². The molecule has 0 radical (unpaired) electrons. The van der Waals surface area contributed by atoms with E-state index in [-0.39, 0.29) is 18.6 Å². The molecule has 1 heterocycles. The van der Waals surface area contributed by atoms with Gasteiger partial charge < -0.3 is 15.0 Å². The van der Waals surface area contributed by atoms with E-state index in [4.69, 9.17) is 5.11 Å². The number of aromatic nitrogens is 1. The van der Waals surface area contributed by atoms with Gasteiger partial charge in [0.1, 0.15) is 5.69 Å². The fraction of sp³-hybridized carbons (Fsp3) is 0.545. The van der Waals surface area contributed by atoms with Crippen LogP contribution in [0.4, 0.5) is 0 Å². The third-order valence-corrected chi connectivity index (χ3v) is 2.48. The second-order valence-corrected chi connectivity index (χ2v) is 3.60. The SMILES string of the molecule is CCC(CCO)NC(=O)c1cccn1C. The number of amides is 1. The molecule has 1 rings (SSSR count). The largest absolute Gasteiger partial charge is 0.396 e. The highest BCUT2D eigenvalue weighted by Crippen LogP contribution is 2.02. The minimum atomic E-state index is -0.0807. The zero-order valence-electron chi connectivity index (χ0n) is 9.23. The van der Waals surface area contributed by atoms with Gasteiger partial charge in [0.2, 0.25) is 0 Å². The summed E-state index contributed by atoms with van der Waals surface area (Å²) in [6, 6.07) is 3.67. The fourth-order valence-electron chi connectivity index (χ4n) is 1.49. The van der Waals surface area contributed by atoms with Crippen LogP contribution < -0.4 is 5.32 Å². The number of carbonyl (C=O) groups excluding carboxylic acids is 1. The molecule has 2 N–H and O–H groups in total. The maximum absolute atomic E-state index is 11.8. The van der Waals surface area contributed by atoms with Gasteiger partial charge in [-0.1, -0.05) is 6.92 Å². The lowest BCUT2D eigenvalue weighted by molar-refractivity contribution is 0.0921. The standard InChI is InChI=1S/C11H18N2O2/c1-3-9(6-8-14)12-11(15)10-5-4-7-13(10)2/h4-5,7,9,14H,3,6,8H2,1-2H3,(H,12,15). The Morgan fingerprint density at radius 3 is 2.87 bits per heavy atom. The first-order valence-corrected chi connectivity index (χ1v) is 5.22. The van der Waals surface area contributed by atoms with Crippen molar-refractivity contribution in [1.82, 2.24) is 9.88 Å². The minimum absolute atomic E-state index is 0.0531. The molecule has 0 bridgehead atoms. The van der Waals surface area contributed by atoms with Crippen molar-refractivity contribution >= 4 is 5.91 Å². The lowest BCUT2D eigenvalue weighted by atomic mass is 10.1. The Labute approximate surface area is 89.9 Å². The van der Waals surface area contributed by atoms with E-state index in [9.17, 15) is 4.79 Å². The number of aliphatic hydroxyl groups excluding tert-OH is 1. The van der Waals surface area contributed by atoms with Crippen molar-refractivity contribution in [2.24, 2.45) is 7.05 Å². The smallest absolute Gasteiger partial charge is 0.268 e. The molecule has 84 valence electrons. The lowest BCUT2D eigenvalue weighted by Crippen LogP contribution is -2.35. The summed E-state index contributed by atoms with van der Waals surface area (Å²) in [5.41, 5.74) is 0.645. The van der Waals surface area contributed by atoms with Crippen molar-refractivity contribution in [3.63, 3.8) is 0 Å². The molecule has 1 amide bonds. The van der Waals surface area contributed by atoms with Gasteiger partial charge in [-0.25, -0.2) is 0 Å². The van der Waals surface area contributed by atoms with Crippen molar-refractivity contribution in [3.8, 4) is 0 Å². The molecule has 0 aliphatic rings. The highest BCUT2D eigenvalue weighted by molar-refractivity contribution is 5.92. The van der Waals surface area contributed by atoms with Gasteiger partial charge in [-0.05, 0) is 25.0 Å². The van der Waals surface area contributed by atoms with Crippen molar-refractivity contribution in [2.45, 2.75) is 25.8 Å². The molecule has 1 aromatic heterocycles. The molecule has 4 nitrogen and oxygen atoms in total. The Kier molecular flexibility index (Phi) is 4.37. The first-order chi connectivity index (χ1) is 7.19. The lowest BCUT2D eigenvalue weighted by Gasteiger charge is -2.15. The van der Waals surface area contributed by atoms with Gasteiger partial charge in [0.05, 0.1) is 0 Å². The normalized spacial score (nSPS) is 12.5. The molecule has 15 heavy (non-hydrogen) atoms. The molecule has 1 atom stereocenters. The van der Waals surface area contributed by atoms with Crippen LogP contribution in [0.2, 0.25) is 0 Å². The summed E-state index contributed by atoms with van der Waals surface area (Å²) in [6.07, 6.45) is 3.27. The number of aliphatic hydroxyl groups is 1. The summed E-state index contributed by atoms with van der Waals surface area (Å²) in [7, 11) is 1.84. The average Bonchev–Trinajstić information content (AvgIpc) is 2.63. The molecule has 0 spiro atoms. The number of hydrogen-bond donors (Lipinski definition) is 2. The van der Waals surface area contributed by atoms with E-state index in [1.807, 2.05) is 26.2 Å². The van der Waals surface area contributed by atoms with Crippen LogP contribution in [0, 0.1) is 0 Å². The van der Waals surface area contributed by atoms with Crippen LogP contribution in [-0.4, -0.2) is 28.2 Å². The Hall–Kier alpha value is -1.29. The quantitative estimate of drug-likeness (QED) is 0.759. The molecule has 0 aliphatic carbocycles. The summed E-state index contributed by atoms with van der Waals surface area (Å²) in [5, 5.41) is 11.7. The van der Waals surface area contributed by atoms with E-state index in [0.717, 1.165) is 6.42 Å². The predicted molar refractivity (Wildman–Crippen MR) is 58.7 cm³/mol. The van der Waals surface area contributed by atoms with Gasteiger partial charge in [-0.3, -0.25) is 4.79 Å². The van der Waals surface area contributed by atoms with E-state index >= 15 is 0 Å². The van der Waals surface area contributed by atoms with Crippen LogP contribution in [-0.2, 0) is 7.05 Å². The zero-order chi connectivity index (χ0) is 11.3. The highest BCUT2D eigenvalue weighted by atomic mass is 16.3. The fourth-order valence-corrected chi connectivity index (χ4v) is 1.49. The van der Waals surface area contributed by atoms with Crippen molar-refractivity contribution in [3.05, 3.63) is 24.0 Å². The van der Waals surface area contributed by atoms with Gasteiger partial charge in [0.25, 0.3) is 5.91 Å². The Morgan fingerprint density at radius 2 is 2.40 bits per heavy atom. The summed E-state index contributed by atoms with van der Waals surface area (Å²) < 4.78 is 1.78. The molecule has 0 aliphatic heterocycles. The molecule has 0 saturated carbocycles. The number of rotatable bonds is 5. The van der Waals surface area contributed by atoms with Gasteiger partial charge in [-0.15, -0.1) is 0 Å². The second-order valence-electron chi connectivity index (χ2n) is 3.60. The summed E-state index contributed by atoms with van der Waals surface area (Å²) in [5.74, 6) is -0.0807. The van der Waals surface area contributed by atoms with Crippen molar-refractivity contribution in [2.75, 3.05) is 6.61 Å². The minimum Gasteiger partial charge on any atom is -0.396 e. The van der Waals surface area contributed by atoms with Gasteiger partial charge >= 0.3 is 0 Å². The third kappa shape index (κ3) is 3.09. The monoisotopic (exact) mass is 210 g/mol. The Morgan fingerprint density at radius 1 is 1.67 bits per heavy atom. The first-order valence-electron chi connectivity index (χ1n) is 5.22. The third-order valence-electron chi connectivity index (χ3n) is 2.48. The Balaban J connectivity index is 2.58. The Bertz CT molecular complexity index is 320. The van der Waals surface area contributed by atoms with E-state index in [1.165, 1.54) is 0 Å². The van der Waals surface area contributed by atoms with Crippen LogP contribution in [0.3, 0.4) is 0 Å². The second kappa shape index (κ2) is 5.56. The predicted octanol–water partition coefficient (Wildman–Crippen LogP) is 0.916. The topological polar surface area (TPSA) is 54.3 Å².